The average molecular weight is 621 g/mol. The molecule has 2 N–H and O–H groups in total. The van der Waals surface area contributed by atoms with E-state index in [1.807, 2.05) is 6.07 Å². The number of carbonyl (C=O) groups excluding carboxylic acids is 1. The van der Waals surface area contributed by atoms with E-state index in [0.717, 1.165) is 54.2 Å². The van der Waals surface area contributed by atoms with E-state index in [1.54, 1.807) is 36.7 Å². The van der Waals surface area contributed by atoms with Crippen LogP contribution < -0.4 is 14.9 Å². The molecule has 0 radical (unpaired) electrons. The minimum Gasteiger partial charge on any atom is -0.378 e. The Morgan fingerprint density at radius 1 is 1.14 bits per heavy atom. The van der Waals surface area contributed by atoms with Gasteiger partial charge in [-0.3, -0.25) is 19.4 Å². The van der Waals surface area contributed by atoms with E-state index < -0.39 is 10.0 Å². The van der Waals surface area contributed by atoms with Crippen molar-refractivity contribution >= 4 is 49.1 Å². The number of anilines is 2. The number of aromatic nitrogens is 4. The highest BCUT2D eigenvalue weighted by atomic mass is 32.2. The van der Waals surface area contributed by atoms with E-state index >= 15 is 0 Å². The Morgan fingerprint density at radius 2 is 2.00 bits per heavy atom. The number of nitrogens with zero attached hydrogens (tertiary/aromatic N) is 6. The smallest absolute Gasteiger partial charge is 0.261 e. The highest BCUT2D eigenvalue weighted by Gasteiger charge is 2.23. The number of carbonyl (C=O) groups is 1. The third kappa shape index (κ3) is 6.82. The molecule has 6 rings (SSSR count). The summed E-state index contributed by atoms with van der Waals surface area (Å²) in [7, 11) is -3.85. The number of nitrogens with one attached hydrogen (secondary N) is 2. The summed E-state index contributed by atoms with van der Waals surface area (Å²) in [6.45, 7) is 8.43. The molecule has 2 aliphatic rings. The molecular formula is C29H32N8O4S2. The molecule has 1 aromatic carbocycles. The summed E-state index contributed by atoms with van der Waals surface area (Å²) in [5.41, 5.74) is 2.56. The minimum atomic E-state index is -3.85. The van der Waals surface area contributed by atoms with Crippen LogP contribution in [0.15, 0.2) is 66.5 Å². The summed E-state index contributed by atoms with van der Waals surface area (Å²) in [6, 6.07) is 10.4. The first-order chi connectivity index (χ1) is 20.9. The third-order valence-electron chi connectivity index (χ3n) is 7.37. The van der Waals surface area contributed by atoms with Crippen molar-refractivity contribution < 1.29 is 17.9 Å². The number of rotatable bonds is 9. The molecule has 4 aromatic rings. The molecule has 3 aromatic heterocycles. The fourth-order valence-corrected chi connectivity index (χ4v) is 7.29. The van der Waals surface area contributed by atoms with Crippen LogP contribution in [0.25, 0.3) is 21.0 Å². The quantitative estimate of drug-likeness (QED) is 0.268. The maximum absolute atomic E-state index is 13.3. The zero-order valence-corrected chi connectivity index (χ0v) is 25.1. The summed E-state index contributed by atoms with van der Waals surface area (Å²) in [5.74, 6) is 0.600. The largest absolute Gasteiger partial charge is 0.378 e. The van der Waals surface area contributed by atoms with Crippen molar-refractivity contribution in [1.29, 1.82) is 0 Å². The first-order valence-electron chi connectivity index (χ1n) is 14.1. The Hall–Kier alpha value is -3.98. The van der Waals surface area contributed by atoms with Crippen LogP contribution in [-0.4, -0.2) is 84.6 Å². The number of hydrogen-bond acceptors (Lipinski definition) is 11. The van der Waals surface area contributed by atoms with Crippen LogP contribution in [0.1, 0.15) is 18.4 Å². The van der Waals surface area contributed by atoms with Gasteiger partial charge in [-0.2, -0.15) is 0 Å². The van der Waals surface area contributed by atoms with E-state index in [4.69, 9.17) is 9.72 Å². The molecule has 2 saturated heterocycles. The van der Waals surface area contributed by atoms with Crippen LogP contribution in [0.4, 0.5) is 11.5 Å². The zero-order chi connectivity index (χ0) is 29.8. The van der Waals surface area contributed by atoms with Gasteiger partial charge in [0.2, 0.25) is 5.91 Å². The van der Waals surface area contributed by atoms with E-state index in [-0.39, 0.29) is 16.8 Å². The highest BCUT2D eigenvalue weighted by Crippen LogP contribution is 2.32. The number of piperidine rings is 1. The maximum atomic E-state index is 13.3. The molecule has 43 heavy (non-hydrogen) atoms. The van der Waals surface area contributed by atoms with Gasteiger partial charge in [0, 0.05) is 32.2 Å². The highest BCUT2D eigenvalue weighted by molar-refractivity contribution is 7.92. The lowest BCUT2D eigenvalue weighted by Gasteiger charge is -2.33. The molecule has 0 aliphatic carbocycles. The van der Waals surface area contributed by atoms with Gasteiger partial charge in [0.25, 0.3) is 10.0 Å². The van der Waals surface area contributed by atoms with Crippen molar-refractivity contribution in [3.05, 3.63) is 67.1 Å². The van der Waals surface area contributed by atoms with Crippen molar-refractivity contribution in [2.75, 3.05) is 49.0 Å². The number of ether oxygens (including phenoxy) is 1. The molecule has 14 heteroatoms. The lowest BCUT2D eigenvalue weighted by Crippen LogP contribution is -2.46. The third-order valence-corrected chi connectivity index (χ3v) is 9.74. The molecule has 0 saturated carbocycles. The summed E-state index contributed by atoms with van der Waals surface area (Å²) in [5, 5.41) is 3.64. The number of sulfonamides is 1. The predicted molar refractivity (Wildman–Crippen MR) is 165 cm³/mol. The van der Waals surface area contributed by atoms with Crippen LogP contribution in [0, 0.1) is 0 Å². The van der Waals surface area contributed by atoms with E-state index in [0.29, 0.717) is 42.7 Å². The molecule has 224 valence electrons. The van der Waals surface area contributed by atoms with Crippen molar-refractivity contribution in [2.24, 2.45) is 0 Å². The van der Waals surface area contributed by atoms with Crippen molar-refractivity contribution in [1.82, 2.24) is 30.2 Å². The number of morpholine rings is 1. The summed E-state index contributed by atoms with van der Waals surface area (Å²) < 4.78 is 34.6. The number of benzene rings is 1. The summed E-state index contributed by atoms with van der Waals surface area (Å²) in [6.07, 6.45) is 6.17. The van der Waals surface area contributed by atoms with Gasteiger partial charge < -0.3 is 15.0 Å². The van der Waals surface area contributed by atoms with Crippen molar-refractivity contribution in [2.45, 2.75) is 30.3 Å². The van der Waals surface area contributed by atoms with Crippen molar-refractivity contribution in [3.63, 3.8) is 0 Å². The molecule has 1 amide bonds. The molecule has 5 heterocycles. The van der Waals surface area contributed by atoms with Crippen LogP contribution in [0.5, 0.6) is 0 Å². The van der Waals surface area contributed by atoms with E-state index in [9.17, 15) is 13.2 Å². The fourth-order valence-electron chi connectivity index (χ4n) is 5.30. The standard InChI is InChI=1S/C29H32N8O4S2/c1-2-25(38)33-22-6-4-10-36(18-22)17-20-5-3-7-23(15-20)43(39,40)35-21-8-9-24(30-16-21)28-34-26-27(31-19-32-29(26)42-28)37-11-13-41-14-12-37/h2-3,5,7-9,15-16,19,22,35H,1,4,6,10-14,17-18H2,(H,33,38)/t22-/m1/s1. The molecule has 0 spiro atoms. The predicted octanol–water partition coefficient (Wildman–Crippen LogP) is 3.05. The number of likely N-dealkylation sites (tertiary alicyclic amines) is 1. The number of hydrogen-bond donors (Lipinski definition) is 2. The first kappa shape index (κ1) is 29.1. The van der Waals surface area contributed by atoms with Gasteiger partial charge in [-0.1, -0.05) is 30.0 Å². The topological polar surface area (TPSA) is 143 Å². The fraction of sp³-hybridized carbons (Fsp3) is 0.345. The Morgan fingerprint density at radius 3 is 2.79 bits per heavy atom. The Bertz CT molecular complexity index is 1720. The first-order valence-corrected chi connectivity index (χ1v) is 16.4. The Balaban J connectivity index is 1.13. The second-order valence-electron chi connectivity index (χ2n) is 10.4. The SMILES string of the molecule is C=CC(=O)N[C@@H]1CCCN(Cc2cccc(S(=O)(=O)Nc3ccc(-c4nc5c(N6CCOCC6)ncnc5s4)nc3)c2)C1. The number of amides is 1. The Kier molecular flexibility index (Phi) is 8.61. The lowest BCUT2D eigenvalue weighted by molar-refractivity contribution is -0.117. The molecular weight excluding hydrogens is 589 g/mol. The summed E-state index contributed by atoms with van der Waals surface area (Å²) in [4.78, 5) is 35.1. The van der Waals surface area contributed by atoms with Gasteiger partial charge in [0.05, 0.1) is 35.7 Å². The zero-order valence-electron chi connectivity index (χ0n) is 23.5. The average Bonchev–Trinajstić information content (AvgIpc) is 3.47. The Labute approximate surface area is 253 Å². The normalized spacial score (nSPS) is 18.0. The van der Waals surface area contributed by atoms with E-state index in [1.165, 1.54) is 23.6 Å². The number of pyridine rings is 1. The van der Waals surface area contributed by atoms with Crippen LogP contribution in [0.3, 0.4) is 0 Å². The molecule has 2 fully saturated rings. The number of thiazole rings is 1. The molecule has 1 atom stereocenters. The van der Waals surface area contributed by atoms with Gasteiger partial charge in [-0.25, -0.2) is 23.4 Å². The number of fused-ring (bicyclic) bond motifs is 1. The van der Waals surface area contributed by atoms with Crippen molar-refractivity contribution in [3.8, 4) is 10.7 Å². The monoisotopic (exact) mass is 620 g/mol. The lowest BCUT2D eigenvalue weighted by atomic mass is 10.0. The van der Waals surface area contributed by atoms with Crippen LogP contribution in [-0.2, 0) is 26.1 Å². The van der Waals surface area contributed by atoms with Crippen LogP contribution in [0.2, 0.25) is 0 Å². The molecule has 0 bridgehead atoms. The minimum absolute atomic E-state index is 0.0471. The van der Waals surface area contributed by atoms with Gasteiger partial charge in [0.15, 0.2) is 5.82 Å². The van der Waals surface area contributed by atoms with E-state index in [2.05, 4.69) is 41.4 Å². The van der Waals surface area contributed by atoms with Gasteiger partial charge in [-0.05, 0) is 55.3 Å². The van der Waals surface area contributed by atoms with Gasteiger partial charge >= 0.3 is 0 Å². The second-order valence-corrected chi connectivity index (χ2v) is 13.1. The summed E-state index contributed by atoms with van der Waals surface area (Å²) >= 11 is 1.41. The molecule has 0 unspecified atom stereocenters. The maximum Gasteiger partial charge on any atom is 0.261 e. The molecule has 2 aliphatic heterocycles. The molecule has 12 nitrogen and oxygen atoms in total. The second kappa shape index (κ2) is 12.7. The van der Waals surface area contributed by atoms with Crippen LogP contribution >= 0.6 is 11.3 Å². The van der Waals surface area contributed by atoms with Gasteiger partial charge in [0.1, 0.15) is 21.7 Å². The van der Waals surface area contributed by atoms with Gasteiger partial charge in [-0.15, -0.1) is 0 Å².